The van der Waals surface area contributed by atoms with Crippen molar-refractivity contribution < 1.29 is 14.5 Å². The number of rotatable bonds is 14. The van der Waals surface area contributed by atoms with Crippen molar-refractivity contribution in [3.8, 4) is 0 Å². The SMILES string of the molecule is CC(C)CC(CC(C)C)OCCOOC(CC(C)C)CC(C)C. The van der Waals surface area contributed by atoms with Crippen molar-refractivity contribution in [3.63, 3.8) is 0 Å². The topological polar surface area (TPSA) is 27.7 Å². The van der Waals surface area contributed by atoms with E-state index >= 15 is 0 Å². The molecule has 0 radical (unpaired) electrons. The zero-order valence-corrected chi connectivity index (χ0v) is 16.9. The molecule has 3 nitrogen and oxygen atoms in total. The molecule has 140 valence electrons. The predicted octanol–water partition coefficient (Wildman–Crippen LogP) is 5.87. The van der Waals surface area contributed by atoms with Gasteiger partial charge in [-0.25, -0.2) is 9.78 Å². The second-order valence-corrected chi connectivity index (χ2v) is 8.55. The Morgan fingerprint density at radius 1 is 0.522 bits per heavy atom. The summed E-state index contributed by atoms with van der Waals surface area (Å²) in [4.78, 5) is 11.1. The highest BCUT2D eigenvalue weighted by molar-refractivity contribution is 4.64. The van der Waals surface area contributed by atoms with Crippen LogP contribution in [-0.4, -0.2) is 25.4 Å². The largest absolute Gasteiger partial charge is 0.376 e. The molecular weight excluding hydrogens is 288 g/mol. The van der Waals surface area contributed by atoms with E-state index in [9.17, 15) is 0 Å². The lowest BCUT2D eigenvalue weighted by atomic mass is 9.98. The third-order valence-electron chi connectivity index (χ3n) is 3.66. The lowest BCUT2D eigenvalue weighted by molar-refractivity contribution is -0.333. The van der Waals surface area contributed by atoms with Crippen LogP contribution in [0.2, 0.25) is 0 Å². The van der Waals surface area contributed by atoms with E-state index in [0.717, 1.165) is 25.7 Å². The minimum atomic E-state index is 0.192. The van der Waals surface area contributed by atoms with Crippen LogP contribution in [-0.2, 0) is 14.5 Å². The van der Waals surface area contributed by atoms with Gasteiger partial charge in [-0.2, -0.15) is 0 Å². The van der Waals surface area contributed by atoms with Gasteiger partial charge in [-0.15, -0.1) is 0 Å². The maximum Gasteiger partial charge on any atom is 0.106 e. The van der Waals surface area contributed by atoms with E-state index in [4.69, 9.17) is 14.5 Å². The second kappa shape index (κ2) is 13.2. The molecule has 0 aromatic rings. The maximum atomic E-state index is 6.00. The molecule has 0 heterocycles. The van der Waals surface area contributed by atoms with Gasteiger partial charge in [0.05, 0.1) is 18.8 Å². The Hall–Kier alpha value is -0.120. The Kier molecular flexibility index (Phi) is 13.1. The summed E-state index contributed by atoms with van der Waals surface area (Å²) >= 11 is 0. The first-order valence-corrected chi connectivity index (χ1v) is 9.60. The Labute approximate surface area is 145 Å². The van der Waals surface area contributed by atoms with Gasteiger partial charge >= 0.3 is 0 Å². The van der Waals surface area contributed by atoms with Crippen molar-refractivity contribution in [3.05, 3.63) is 0 Å². The van der Waals surface area contributed by atoms with E-state index in [-0.39, 0.29) is 6.10 Å². The summed E-state index contributed by atoms with van der Waals surface area (Å²) < 4.78 is 6.00. The fourth-order valence-corrected chi connectivity index (χ4v) is 2.90. The Balaban J connectivity index is 4.00. The van der Waals surface area contributed by atoms with Crippen LogP contribution in [0.1, 0.15) is 81.1 Å². The van der Waals surface area contributed by atoms with E-state index in [1.165, 1.54) is 0 Å². The highest BCUT2D eigenvalue weighted by Crippen LogP contribution is 2.18. The summed E-state index contributed by atoms with van der Waals surface area (Å²) in [5.41, 5.74) is 0. The molecule has 0 saturated carbocycles. The molecule has 0 atom stereocenters. The van der Waals surface area contributed by atoms with Crippen LogP contribution in [0.5, 0.6) is 0 Å². The van der Waals surface area contributed by atoms with Crippen LogP contribution in [0, 0.1) is 23.7 Å². The van der Waals surface area contributed by atoms with Crippen molar-refractivity contribution in [2.24, 2.45) is 23.7 Å². The minimum Gasteiger partial charge on any atom is -0.376 e. The molecule has 0 unspecified atom stereocenters. The molecule has 0 aliphatic heterocycles. The van der Waals surface area contributed by atoms with Gasteiger partial charge in [-0.05, 0) is 49.4 Å². The summed E-state index contributed by atoms with van der Waals surface area (Å²) in [6.07, 6.45) is 4.84. The summed E-state index contributed by atoms with van der Waals surface area (Å²) in [7, 11) is 0. The van der Waals surface area contributed by atoms with Crippen molar-refractivity contribution in [1.82, 2.24) is 0 Å². The molecule has 0 aliphatic rings. The van der Waals surface area contributed by atoms with E-state index < -0.39 is 0 Å². The zero-order chi connectivity index (χ0) is 17.8. The van der Waals surface area contributed by atoms with Crippen molar-refractivity contribution in [1.29, 1.82) is 0 Å². The van der Waals surface area contributed by atoms with Crippen molar-refractivity contribution in [2.75, 3.05) is 13.2 Å². The van der Waals surface area contributed by atoms with Gasteiger partial charge in [0.25, 0.3) is 0 Å². The molecule has 0 aliphatic carbocycles. The number of hydrogen-bond acceptors (Lipinski definition) is 3. The average Bonchev–Trinajstić information content (AvgIpc) is 2.34. The highest BCUT2D eigenvalue weighted by atomic mass is 17.2. The van der Waals surface area contributed by atoms with Crippen LogP contribution >= 0.6 is 0 Å². The van der Waals surface area contributed by atoms with E-state index in [1.54, 1.807) is 0 Å². The summed E-state index contributed by atoms with van der Waals surface area (Å²) in [5.74, 6) is 2.58. The third-order valence-corrected chi connectivity index (χ3v) is 3.66. The Bertz CT molecular complexity index is 216. The van der Waals surface area contributed by atoms with Crippen LogP contribution in [0.3, 0.4) is 0 Å². The number of ether oxygens (including phenoxy) is 1. The van der Waals surface area contributed by atoms with Gasteiger partial charge in [-0.3, -0.25) is 0 Å². The second-order valence-electron chi connectivity index (χ2n) is 8.55. The van der Waals surface area contributed by atoms with Gasteiger partial charge in [0, 0.05) is 0 Å². The molecule has 0 bridgehead atoms. The molecule has 0 aromatic carbocycles. The lowest BCUT2D eigenvalue weighted by Gasteiger charge is -2.22. The normalized spacial score (nSPS) is 12.8. The van der Waals surface area contributed by atoms with Gasteiger partial charge in [0.2, 0.25) is 0 Å². The molecule has 3 heteroatoms. The van der Waals surface area contributed by atoms with Crippen LogP contribution < -0.4 is 0 Å². The molecule has 0 aromatic heterocycles. The molecular formula is C20H42O3. The van der Waals surface area contributed by atoms with Gasteiger partial charge in [-0.1, -0.05) is 55.4 Å². The monoisotopic (exact) mass is 330 g/mol. The molecule has 0 N–H and O–H groups in total. The predicted molar refractivity (Wildman–Crippen MR) is 98.4 cm³/mol. The Morgan fingerprint density at radius 2 is 0.913 bits per heavy atom. The van der Waals surface area contributed by atoms with E-state index in [2.05, 4.69) is 55.4 Å². The standard InChI is InChI=1S/C20H42O3/c1-15(2)11-19(12-16(3)4)21-9-10-22-23-20(13-17(5)6)14-18(7)8/h15-20H,9-14H2,1-8H3. The van der Waals surface area contributed by atoms with Gasteiger partial charge < -0.3 is 4.74 Å². The van der Waals surface area contributed by atoms with Crippen molar-refractivity contribution in [2.45, 2.75) is 93.3 Å². The van der Waals surface area contributed by atoms with Crippen LogP contribution in [0.25, 0.3) is 0 Å². The fraction of sp³-hybridized carbons (Fsp3) is 1.00. The van der Waals surface area contributed by atoms with Crippen LogP contribution in [0.4, 0.5) is 0 Å². The van der Waals surface area contributed by atoms with Crippen molar-refractivity contribution >= 4 is 0 Å². The average molecular weight is 331 g/mol. The summed E-state index contributed by atoms with van der Waals surface area (Å²) in [6, 6.07) is 0. The number of hydrogen-bond donors (Lipinski definition) is 0. The van der Waals surface area contributed by atoms with Gasteiger partial charge in [0.1, 0.15) is 6.61 Å². The molecule has 0 rings (SSSR count). The van der Waals surface area contributed by atoms with E-state index in [1.807, 2.05) is 0 Å². The smallest absolute Gasteiger partial charge is 0.106 e. The zero-order valence-electron chi connectivity index (χ0n) is 16.9. The molecule has 0 saturated heterocycles. The fourth-order valence-electron chi connectivity index (χ4n) is 2.90. The first kappa shape index (κ1) is 22.9. The summed E-state index contributed by atoms with van der Waals surface area (Å²) in [5, 5.41) is 0. The first-order chi connectivity index (χ1) is 10.7. The molecule has 0 amide bonds. The maximum absolute atomic E-state index is 6.00. The quantitative estimate of drug-likeness (QED) is 0.226. The third kappa shape index (κ3) is 15.2. The highest BCUT2D eigenvalue weighted by Gasteiger charge is 2.16. The molecule has 0 spiro atoms. The minimum absolute atomic E-state index is 0.192. The molecule has 23 heavy (non-hydrogen) atoms. The first-order valence-electron chi connectivity index (χ1n) is 9.60. The molecule has 0 fully saturated rings. The van der Waals surface area contributed by atoms with E-state index in [0.29, 0.717) is 43.0 Å². The summed E-state index contributed by atoms with van der Waals surface area (Å²) in [6.45, 7) is 19.0. The van der Waals surface area contributed by atoms with Crippen LogP contribution in [0.15, 0.2) is 0 Å². The lowest BCUT2D eigenvalue weighted by Crippen LogP contribution is -2.22. The Morgan fingerprint density at radius 3 is 1.30 bits per heavy atom. The van der Waals surface area contributed by atoms with Gasteiger partial charge in [0.15, 0.2) is 0 Å².